The highest BCUT2D eigenvalue weighted by Gasteiger charge is 2.55. The summed E-state index contributed by atoms with van der Waals surface area (Å²) in [4.78, 5) is 2.75. The summed E-state index contributed by atoms with van der Waals surface area (Å²) in [6.45, 7) is 12.8. The highest BCUT2D eigenvalue weighted by molar-refractivity contribution is 5.05. The van der Waals surface area contributed by atoms with Gasteiger partial charge in [0.25, 0.3) is 0 Å². The van der Waals surface area contributed by atoms with Gasteiger partial charge < -0.3 is 9.38 Å². The van der Waals surface area contributed by atoms with Crippen LogP contribution in [0.1, 0.15) is 40.0 Å². The van der Waals surface area contributed by atoms with E-state index in [1.165, 1.54) is 45.4 Å². The van der Waals surface area contributed by atoms with Crippen molar-refractivity contribution in [2.75, 3.05) is 47.3 Å². The van der Waals surface area contributed by atoms with E-state index in [-0.39, 0.29) is 0 Å². The van der Waals surface area contributed by atoms with E-state index in [0.717, 1.165) is 10.4 Å². The van der Waals surface area contributed by atoms with E-state index in [0.29, 0.717) is 10.8 Å². The largest absolute Gasteiger partial charge is 0.331 e. The Bertz CT molecular complexity index is 303. The van der Waals surface area contributed by atoms with Gasteiger partial charge in [-0.1, -0.05) is 20.8 Å². The molecule has 2 unspecified atom stereocenters. The summed E-state index contributed by atoms with van der Waals surface area (Å²) in [5.74, 6) is 0.931. The number of rotatable bonds is 4. The van der Waals surface area contributed by atoms with Crippen LogP contribution in [-0.2, 0) is 0 Å². The quantitative estimate of drug-likeness (QED) is 0.696. The van der Waals surface area contributed by atoms with Crippen molar-refractivity contribution in [3.63, 3.8) is 0 Å². The highest BCUT2D eigenvalue weighted by atomic mass is 15.3. The van der Waals surface area contributed by atoms with Crippen molar-refractivity contribution in [1.29, 1.82) is 0 Å². The van der Waals surface area contributed by atoms with Gasteiger partial charge in [-0.15, -0.1) is 0 Å². The molecule has 1 saturated carbocycles. The van der Waals surface area contributed by atoms with Crippen LogP contribution in [0.2, 0.25) is 0 Å². The normalized spacial score (nSPS) is 36.0. The molecule has 2 fully saturated rings. The Morgan fingerprint density at radius 2 is 1.83 bits per heavy atom. The lowest BCUT2D eigenvalue weighted by Crippen LogP contribution is -2.52. The Hall–Kier alpha value is -0.0800. The van der Waals surface area contributed by atoms with E-state index in [9.17, 15) is 0 Å². The van der Waals surface area contributed by atoms with Crippen LogP contribution < -0.4 is 0 Å². The Morgan fingerprint density at radius 3 is 2.39 bits per heavy atom. The third kappa shape index (κ3) is 2.60. The molecule has 0 aromatic carbocycles. The molecule has 0 amide bonds. The first-order valence-electron chi connectivity index (χ1n) is 7.67. The maximum Gasteiger partial charge on any atom is 0.0792 e. The molecule has 18 heavy (non-hydrogen) atoms. The molecule has 2 atom stereocenters. The van der Waals surface area contributed by atoms with Gasteiger partial charge >= 0.3 is 0 Å². The number of hydrogen-bond donors (Lipinski definition) is 0. The van der Waals surface area contributed by atoms with Gasteiger partial charge in [-0.25, -0.2) is 0 Å². The van der Waals surface area contributed by atoms with Gasteiger partial charge in [0.1, 0.15) is 0 Å². The minimum atomic E-state index is 0.559. The van der Waals surface area contributed by atoms with Crippen molar-refractivity contribution in [3.05, 3.63) is 0 Å². The second-order valence-corrected chi connectivity index (χ2v) is 8.62. The molecule has 0 spiro atoms. The third-order valence-corrected chi connectivity index (χ3v) is 5.98. The summed E-state index contributed by atoms with van der Waals surface area (Å²) in [7, 11) is 6.89. The first-order chi connectivity index (χ1) is 8.14. The lowest BCUT2D eigenvalue weighted by molar-refractivity contribution is -0.870. The van der Waals surface area contributed by atoms with E-state index in [1.54, 1.807) is 0 Å². The Balaban J connectivity index is 1.88. The maximum atomic E-state index is 2.75. The minimum absolute atomic E-state index is 0.559. The fourth-order valence-corrected chi connectivity index (χ4v) is 4.08. The zero-order valence-electron chi connectivity index (χ0n) is 13.4. The molecule has 2 aliphatic rings. The SMILES string of the molecule is CC12CCC(CN(CCC[N+](C)(C)C)C1)C2(C)C. The van der Waals surface area contributed by atoms with Crippen LogP contribution in [0, 0.1) is 16.7 Å². The molecule has 0 aromatic rings. The molecule has 0 aromatic heterocycles. The van der Waals surface area contributed by atoms with E-state index in [4.69, 9.17) is 0 Å². The average molecular weight is 253 g/mol. The lowest BCUT2D eigenvalue weighted by Gasteiger charge is -2.50. The van der Waals surface area contributed by atoms with Crippen LogP contribution in [0.15, 0.2) is 0 Å². The standard InChI is InChI=1S/C16H33N2/c1-15(2)14-8-9-16(15,3)13-17(12-14)10-7-11-18(4,5)6/h14H,7-13H2,1-6H3/q+1. The third-order valence-electron chi connectivity index (χ3n) is 5.98. The monoisotopic (exact) mass is 253 g/mol. The predicted molar refractivity (Wildman–Crippen MR) is 78.6 cm³/mol. The van der Waals surface area contributed by atoms with Crippen molar-refractivity contribution >= 4 is 0 Å². The van der Waals surface area contributed by atoms with Crippen molar-refractivity contribution in [3.8, 4) is 0 Å². The zero-order valence-corrected chi connectivity index (χ0v) is 13.4. The first-order valence-corrected chi connectivity index (χ1v) is 7.67. The van der Waals surface area contributed by atoms with Gasteiger partial charge in [-0.2, -0.15) is 0 Å². The molecule has 2 bridgehead atoms. The van der Waals surface area contributed by atoms with Crippen molar-refractivity contribution in [2.45, 2.75) is 40.0 Å². The molecule has 0 N–H and O–H groups in total. The molecule has 1 aliphatic heterocycles. The van der Waals surface area contributed by atoms with E-state index < -0.39 is 0 Å². The molecule has 2 rings (SSSR count). The number of likely N-dealkylation sites (tertiary alicyclic amines) is 1. The number of piperidine rings is 1. The lowest BCUT2D eigenvalue weighted by atomic mass is 9.63. The molecule has 106 valence electrons. The van der Waals surface area contributed by atoms with Crippen molar-refractivity contribution < 1.29 is 4.48 Å². The maximum absolute atomic E-state index is 2.75. The summed E-state index contributed by atoms with van der Waals surface area (Å²) in [5.41, 5.74) is 1.12. The van der Waals surface area contributed by atoms with Crippen molar-refractivity contribution in [2.24, 2.45) is 16.7 Å². The fourth-order valence-electron chi connectivity index (χ4n) is 4.08. The van der Waals surface area contributed by atoms with Gasteiger partial charge in [-0.05, 0) is 29.6 Å². The molecule has 1 heterocycles. The van der Waals surface area contributed by atoms with E-state index in [2.05, 4.69) is 46.8 Å². The van der Waals surface area contributed by atoms with Crippen LogP contribution in [-0.4, -0.2) is 56.7 Å². The summed E-state index contributed by atoms with van der Waals surface area (Å²) >= 11 is 0. The first kappa shape index (κ1) is 14.3. The molecule has 2 heteroatoms. The van der Waals surface area contributed by atoms with E-state index >= 15 is 0 Å². The molecular weight excluding hydrogens is 220 g/mol. The number of quaternary nitrogens is 1. The molecule has 0 radical (unpaired) electrons. The molecular formula is C16H33N2+. The van der Waals surface area contributed by atoms with E-state index in [1.807, 2.05) is 0 Å². The topological polar surface area (TPSA) is 3.24 Å². The van der Waals surface area contributed by atoms with Crippen LogP contribution in [0.3, 0.4) is 0 Å². The Morgan fingerprint density at radius 1 is 1.17 bits per heavy atom. The smallest absolute Gasteiger partial charge is 0.0792 e. The van der Waals surface area contributed by atoms with Crippen LogP contribution in [0.4, 0.5) is 0 Å². The van der Waals surface area contributed by atoms with Gasteiger partial charge in [0.15, 0.2) is 0 Å². The summed E-state index contributed by atoms with van der Waals surface area (Å²) in [6, 6.07) is 0. The minimum Gasteiger partial charge on any atom is -0.331 e. The fraction of sp³-hybridized carbons (Fsp3) is 1.00. The number of hydrogen-bond acceptors (Lipinski definition) is 1. The second kappa shape index (κ2) is 4.49. The molecule has 1 aliphatic carbocycles. The number of fused-ring (bicyclic) bond motifs is 2. The van der Waals surface area contributed by atoms with Gasteiger partial charge in [-0.3, -0.25) is 0 Å². The Labute approximate surface area is 114 Å². The van der Waals surface area contributed by atoms with Crippen LogP contribution in [0.25, 0.3) is 0 Å². The molecule has 1 saturated heterocycles. The van der Waals surface area contributed by atoms with Gasteiger partial charge in [0, 0.05) is 26.1 Å². The summed E-state index contributed by atoms with van der Waals surface area (Å²) in [5, 5.41) is 0. The van der Waals surface area contributed by atoms with Gasteiger partial charge in [0.2, 0.25) is 0 Å². The predicted octanol–water partition coefficient (Wildman–Crippen LogP) is 2.84. The Kier molecular flexibility index (Phi) is 3.57. The van der Waals surface area contributed by atoms with Gasteiger partial charge in [0.05, 0.1) is 27.7 Å². The molecule has 2 nitrogen and oxygen atoms in total. The highest BCUT2D eigenvalue weighted by Crippen LogP contribution is 2.58. The second-order valence-electron chi connectivity index (χ2n) is 8.62. The van der Waals surface area contributed by atoms with Crippen molar-refractivity contribution in [1.82, 2.24) is 4.90 Å². The summed E-state index contributed by atoms with van der Waals surface area (Å²) in [6.07, 6.45) is 4.23. The number of nitrogens with zero attached hydrogens (tertiary/aromatic N) is 2. The van der Waals surface area contributed by atoms with Crippen LogP contribution >= 0.6 is 0 Å². The summed E-state index contributed by atoms with van der Waals surface area (Å²) < 4.78 is 1.10. The average Bonchev–Trinajstić information content (AvgIpc) is 2.36. The zero-order chi connectivity index (χ0) is 13.6. The van der Waals surface area contributed by atoms with Crippen LogP contribution in [0.5, 0.6) is 0 Å².